The standard InChI is InChI=1S/C17H16ClFN2O/c1-11(21-9-8-12-4-2-3-5-16(12)21)17(22)20-15-7-6-13(19)10-14(15)18/h2-7,10-11H,8-9H2,1H3,(H,20,22)/t11-/m0/s1. The van der Waals surface area contributed by atoms with Crippen LogP contribution in [-0.4, -0.2) is 18.5 Å². The number of carbonyl (C=O) groups excluding carboxylic acids is 1. The first-order valence-corrected chi connectivity index (χ1v) is 7.54. The van der Waals surface area contributed by atoms with Gasteiger partial charge in [0.1, 0.15) is 11.9 Å². The van der Waals surface area contributed by atoms with Gasteiger partial charge in [0.15, 0.2) is 0 Å². The van der Waals surface area contributed by atoms with E-state index in [-0.39, 0.29) is 17.0 Å². The molecule has 0 aliphatic carbocycles. The van der Waals surface area contributed by atoms with Crippen molar-refractivity contribution >= 4 is 28.9 Å². The van der Waals surface area contributed by atoms with Crippen molar-refractivity contribution in [3.05, 3.63) is 58.9 Å². The summed E-state index contributed by atoms with van der Waals surface area (Å²) in [7, 11) is 0. The van der Waals surface area contributed by atoms with Gasteiger partial charge in [0.25, 0.3) is 0 Å². The van der Waals surface area contributed by atoms with E-state index in [9.17, 15) is 9.18 Å². The normalized spacial score (nSPS) is 14.6. The molecule has 5 heteroatoms. The molecule has 0 aromatic heterocycles. The lowest BCUT2D eigenvalue weighted by Gasteiger charge is -2.26. The predicted molar refractivity (Wildman–Crippen MR) is 87.0 cm³/mol. The third kappa shape index (κ3) is 2.79. The first kappa shape index (κ1) is 14.9. The van der Waals surface area contributed by atoms with Gasteiger partial charge < -0.3 is 10.2 Å². The van der Waals surface area contributed by atoms with E-state index < -0.39 is 5.82 Å². The van der Waals surface area contributed by atoms with Crippen molar-refractivity contribution in [3.63, 3.8) is 0 Å². The van der Waals surface area contributed by atoms with Gasteiger partial charge in [-0.15, -0.1) is 0 Å². The van der Waals surface area contributed by atoms with Crippen molar-refractivity contribution in [3.8, 4) is 0 Å². The molecule has 3 rings (SSSR count). The van der Waals surface area contributed by atoms with Crippen molar-refractivity contribution < 1.29 is 9.18 Å². The summed E-state index contributed by atoms with van der Waals surface area (Å²) in [6.45, 7) is 2.67. The molecule has 2 aromatic carbocycles. The van der Waals surface area contributed by atoms with Crippen molar-refractivity contribution in [2.24, 2.45) is 0 Å². The topological polar surface area (TPSA) is 32.3 Å². The van der Waals surface area contributed by atoms with Gasteiger partial charge in [-0.05, 0) is 43.2 Å². The monoisotopic (exact) mass is 318 g/mol. The summed E-state index contributed by atoms with van der Waals surface area (Å²) < 4.78 is 13.0. The third-order valence-electron chi connectivity index (χ3n) is 3.96. The number of benzene rings is 2. The fourth-order valence-electron chi connectivity index (χ4n) is 2.74. The van der Waals surface area contributed by atoms with Crippen LogP contribution in [0, 0.1) is 5.82 Å². The Labute approximate surface area is 133 Å². The number of amides is 1. The zero-order valence-electron chi connectivity index (χ0n) is 12.1. The van der Waals surface area contributed by atoms with Crippen LogP contribution in [0.25, 0.3) is 0 Å². The van der Waals surface area contributed by atoms with E-state index in [1.165, 1.54) is 23.8 Å². The van der Waals surface area contributed by atoms with Crippen molar-refractivity contribution in [1.82, 2.24) is 0 Å². The van der Waals surface area contributed by atoms with Crippen LogP contribution < -0.4 is 10.2 Å². The number of nitrogens with zero attached hydrogens (tertiary/aromatic N) is 1. The van der Waals surface area contributed by atoms with Gasteiger partial charge in [0, 0.05) is 12.2 Å². The maximum atomic E-state index is 13.0. The molecule has 1 atom stereocenters. The highest BCUT2D eigenvalue weighted by molar-refractivity contribution is 6.33. The first-order chi connectivity index (χ1) is 10.6. The summed E-state index contributed by atoms with van der Waals surface area (Å²) in [5.41, 5.74) is 2.77. The lowest BCUT2D eigenvalue weighted by Crippen LogP contribution is -2.41. The molecule has 0 fully saturated rings. The van der Waals surface area contributed by atoms with E-state index in [1.54, 1.807) is 0 Å². The number of nitrogens with one attached hydrogen (secondary N) is 1. The summed E-state index contributed by atoms with van der Waals surface area (Å²) in [6.07, 6.45) is 0.936. The molecule has 0 spiro atoms. The summed E-state index contributed by atoms with van der Waals surface area (Å²) in [6, 6.07) is 11.7. The molecule has 1 N–H and O–H groups in total. The lowest BCUT2D eigenvalue weighted by atomic mass is 10.1. The fraction of sp³-hybridized carbons (Fsp3) is 0.235. The van der Waals surface area contributed by atoms with Crippen molar-refractivity contribution in [2.45, 2.75) is 19.4 Å². The zero-order chi connectivity index (χ0) is 15.7. The molecule has 0 radical (unpaired) electrons. The van der Waals surface area contributed by atoms with Crippen LogP contribution in [0.5, 0.6) is 0 Å². The maximum Gasteiger partial charge on any atom is 0.246 e. The van der Waals surface area contributed by atoms with Crippen LogP contribution in [0.1, 0.15) is 12.5 Å². The van der Waals surface area contributed by atoms with Crippen molar-refractivity contribution in [1.29, 1.82) is 0 Å². The molecule has 22 heavy (non-hydrogen) atoms. The molecule has 1 aliphatic rings. The smallest absolute Gasteiger partial charge is 0.246 e. The molecular formula is C17H16ClFN2O. The lowest BCUT2D eigenvalue weighted by molar-refractivity contribution is -0.117. The second-order valence-corrected chi connectivity index (χ2v) is 5.77. The Bertz CT molecular complexity index is 720. The number of hydrogen-bond acceptors (Lipinski definition) is 2. The van der Waals surface area contributed by atoms with E-state index in [4.69, 9.17) is 11.6 Å². The Hall–Kier alpha value is -2.07. The van der Waals surface area contributed by atoms with E-state index in [0.29, 0.717) is 5.69 Å². The van der Waals surface area contributed by atoms with Gasteiger partial charge in [0.2, 0.25) is 5.91 Å². The second kappa shape index (κ2) is 5.97. The van der Waals surface area contributed by atoms with Crippen molar-refractivity contribution in [2.75, 3.05) is 16.8 Å². The van der Waals surface area contributed by atoms with Crippen LogP contribution in [0.3, 0.4) is 0 Å². The van der Waals surface area contributed by atoms with Crippen LogP contribution in [0.4, 0.5) is 15.8 Å². The summed E-state index contributed by atoms with van der Waals surface area (Å²) >= 11 is 5.95. The van der Waals surface area contributed by atoms with Crippen LogP contribution >= 0.6 is 11.6 Å². The molecule has 1 amide bonds. The number of para-hydroxylation sites is 1. The largest absolute Gasteiger partial charge is 0.359 e. The molecule has 1 aliphatic heterocycles. The third-order valence-corrected chi connectivity index (χ3v) is 4.27. The molecule has 2 aromatic rings. The van der Waals surface area contributed by atoms with Crippen LogP contribution in [-0.2, 0) is 11.2 Å². The Kier molecular flexibility index (Phi) is 4.03. The first-order valence-electron chi connectivity index (χ1n) is 7.17. The highest BCUT2D eigenvalue weighted by Gasteiger charge is 2.27. The number of carbonyl (C=O) groups is 1. The quantitative estimate of drug-likeness (QED) is 0.931. The zero-order valence-corrected chi connectivity index (χ0v) is 12.9. The van der Waals surface area contributed by atoms with E-state index in [2.05, 4.69) is 16.3 Å². The average molecular weight is 319 g/mol. The van der Waals surface area contributed by atoms with E-state index in [1.807, 2.05) is 25.1 Å². The highest BCUT2D eigenvalue weighted by Crippen LogP contribution is 2.30. The molecule has 114 valence electrons. The Balaban J connectivity index is 1.76. The summed E-state index contributed by atoms with van der Waals surface area (Å²) in [4.78, 5) is 14.5. The number of hydrogen-bond donors (Lipinski definition) is 1. The maximum absolute atomic E-state index is 13.0. The molecule has 0 unspecified atom stereocenters. The SMILES string of the molecule is C[C@@H](C(=O)Nc1ccc(F)cc1Cl)N1CCc2ccccc21. The van der Waals surface area contributed by atoms with E-state index in [0.717, 1.165) is 18.7 Å². The second-order valence-electron chi connectivity index (χ2n) is 5.36. The van der Waals surface area contributed by atoms with Gasteiger partial charge >= 0.3 is 0 Å². The Morgan fingerprint density at radius 2 is 2.09 bits per heavy atom. The Morgan fingerprint density at radius 1 is 1.32 bits per heavy atom. The van der Waals surface area contributed by atoms with Crippen LogP contribution in [0.2, 0.25) is 5.02 Å². The van der Waals surface area contributed by atoms with Gasteiger partial charge in [-0.1, -0.05) is 29.8 Å². The van der Waals surface area contributed by atoms with Gasteiger partial charge in [-0.25, -0.2) is 4.39 Å². The average Bonchev–Trinajstić information content (AvgIpc) is 2.93. The minimum absolute atomic E-state index is 0.162. The van der Waals surface area contributed by atoms with E-state index >= 15 is 0 Å². The number of halogens is 2. The summed E-state index contributed by atoms with van der Waals surface area (Å²) in [5, 5.41) is 2.96. The minimum Gasteiger partial charge on any atom is -0.359 e. The Morgan fingerprint density at radius 3 is 2.86 bits per heavy atom. The van der Waals surface area contributed by atoms with Gasteiger partial charge in [0.05, 0.1) is 10.7 Å². The minimum atomic E-state index is -0.426. The highest BCUT2D eigenvalue weighted by atomic mass is 35.5. The molecule has 0 bridgehead atoms. The molecule has 3 nitrogen and oxygen atoms in total. The number of fused-ring (bicyclic) bond motifs is 1. The van der Waals surface area contributed by atoms with Crippen LogP contribution in [0.15, 0.2) is 42.5 Å². The molecular weight excluding hydrogens is 303 g/mol. The fourth-order valence-corrected chi connectivity index (χ4v) is 2.95. The van der Waals surface area contributed by atoms with Gasteiger partial charge in [-0.3, -0.25) is 4.79 Å². The molecule has 1 heterocycles. The van der Waals surface area contributed by atoms with Gasteiger partial charge in [-0.2, -0.15) is 0 Å². The predicted octanol–water partition coefficient (Wildman–Crippen LogP) is 3.87. The number of rotatable bonds is 3. The molecule has 0 saturated carbocycles. The summed E-state index contributed by atoms with van der Waals surface area (Å²) in [5.74, 6) is -0.588. The molecule has 0 saturated heterocycles. The number of anilines is 2.